The molecule has 0 aliphatic rings. The van der Waals surface area contributed by atoms with Gasteiger partial charge in [-0.2, -0.15) is 0 Å². The maximum Gasteiger partial charge on any atom is 0.191 e. The Morgan fingerprint density at radius 1 is 1.22 bits per heavy atom. The van der Waals surface area contributed by atoms with Crippen molar-refractivity contribution in [2.24, 2.45) is 4.99 Å². The molecule has 0 bridgehead atoms. The molecule has 2 rings (SSSR count). The third kappa shape index (κ3) is 7.40. The minimum Gasteiger partial charge on any atom is -0.497 e. The topological polar surface area (TPSA) is 71.7 Å². The predicted molar refractivity (Wildman–Crippen MR) is 120 cm³/mol. The van der Waals surface area contributed by atoms with Crippen LogP contribution in [0.4, 0.5) is 0 Å². The first-order valence-corrected chi connectivity index (χ1v) is 9.23. The molecule has 1 heterocycles. The largest absolute Gasteiger partial charge is 0.497 e. The highest BCUT2D eigenvalue weighted by Crippen LogP contribution is 2.22. The Balaban J connectivity index is 0.00000364. The van der Waals surface area contributed by atoms with Crippen molar-refractivity contribution in [3.8, 4) is 5.75 Å². The Kier molecular flexibility index (Phi) is 10.8. The van der Waals surface area contributed by atoms with E-state index in [1.54, 1.807) is 14.2 Å². The zero-order valence-electron chi connectivity index (χ0n) is 16.6. The van der Waals surface area contributed by atoms with E-state index < -0.39 is 0 Å². The minimum atomic E-state index is 0. The van der Waals surface area contributed by atoms with Crippen LogP contribution in [0.5, 0.6) is 5.75 Å². The highest BCUT2D eigenvalue weighted by molar-refractivity contribution is 14.0. The first-order valence-electron chi connectivity index (χ1n) is 9.23. The summed E-state index contributed by atoms with van der Waals surface area (Å²) in [6.07, 6.45) is 3.03. The lowest BCUT2D eigenvalue weighted by atomic mass is 9.99. The molecule has 0 aliphatic heterocycles. The molecule has 7 heteroatoms. The average molecular weight is 486 g/mol. The fraction of sp³-hybridized carbons (Fsp3) is 0.500. The number of rotatable bonds is 9. The van der Waals surface area contributed by atoms with Crippen molar-refractivity contribution in [3.05, 3.63) is 47.3 Å². The summed E-state index contributed by atoms with van der Waals surface area (Å²) in [7, 11) is 3.44. The first-order chi connectivity index (χ1) is 12.7. The fourth-order valence-corrected chi connectivity index (χ4v) is 2.86. The third-order valence-electron chi connectivity index (χ3n) is 4.47. The van der Waals surface area contributed by atoms with E-state index in [0.29, 0.717) is 12.5 Å². The van der Waals surface area contributed by atoms with Gasteiger partial charge >= 0.3 is 0 Å². The number of hydrogen-bond acceptors (Lipinski definition) is 4. The van der Waals surface area contributed by atoms with Gasteiger partial charge < -0.3 is 19.9 Å². The lowest BCUT2D eigenvalue weighted by Crippen LogP contribution is -2.37. The van der Waals surface area contributed by atoms with Crippen LogP contribution in [0, 0.1) is 0 Å². The van der Waals surface area contributed by atoms with Gasteiger partial charge in [-0.15, -0.1) is 24.0 Å². The molecular formula is C20H31IN4O2. The Bertz CT molecular complexity index is 699. The van der Waals surface area contributed by atoms with Gasteiger partial charge in [0.15, 0.2) is 11.7 Å². The van der Waals surface area contributed by atoms with E-state index in [9.17, 15) is 0 Å². The number of aromatic nitrogens is 1. The highest BCUT2D eigenvalue weighted by atomic mass is 127. The fourth-order valence-electron chi connectivity index (χ4n) is 2.86. The molecular weight excluding hydrogens is 455 g/mol. The van der Waals surface area contributed by atoms with Crippen LogP contribution in [0.2, 0.25) is 0 Å². The number of nitrogens with zero attached hydrogens (tertiary/aromatic N) is 2. The Labute approximate surface area is 179 Å². The van der Waals surface area contributed by atoms with E-state index in [4.69, 9.17) is 9.26 Å². The molecule has 0 saturated heterocycles. The normalized spacial score (nSPS) is 11.2. The second kappa shape index (κ2) is 12.6. The summed E-state index contributed by atoms with van der Waals surface area (Å²) in [5.74, 6) is 2.91. The molecule has 0 unspecified atom stereocenters. The van der Waals surface area contributed by atoms with E-state index in [0.717, 1.165) is 49.0 Å². The molecule has 2 N–H and O–H groups in total. The van der Waals surface area contributed by atoms with Gasteiger partial charge in [-0.25, -0.2) is 0 Å². The second-order valence-electron chi connectivity index (χ2n) is 6.19. The number of nitrogens with one attached hydrogen (secondary N) is 2. The van der Waals surface area contributed by atoms with Gasteiger partial charge in [0.2, 0.25) is 0 Å². The average Bonchev–Trinajstić information content (AvgIpc) is 3.14. The molecule has 0 saturated carbocycles. The number of hydrogen-bond donors (Lipinski definition) is 2. The summed E-state index contributed by atoms with van der Waals surface area (Å²) in [5, 5.41) is 10.8. The molecule has 0 spiro atoms. The van der Waals surface area contributed by atoms with Crippen LogP contribution < -0.4 is 15.4 Å². The van der Waals surface area contributed by atoms with Crippen LogP contribution in [0.3, 0.4) is 0 Å². The van der Waals surface area contributed by atoms with Gasteiger partial charge in [0.05, 0.1) is 19.3 Å². The molecule has 27 heavy (non-hydrogen) atoms. The molecule has 1 aromatic carbocycles. The van der Waals surface area contributed by atoms with Crippen LogP contribution >= 0.6 is 24.0 Å². The predicted octanol–water partition coefficient (Wildman–Crippen LogP) is 4.11. The van der Waals surface area contributed by atoms with E-state index in [1.807, 2.05) is 24.3 Å². The molecule has 0 aliphatic carbocycles. The van der Waals surface area contributed by atoms with Gasteiger partial charge in [-0.3, -0.25) is 4.99 Å². The quantitative estimate of drug-likeness (QED) is 0.317. The summed E-state index contributed by atoms with van der Waals surface area (Å²) < 4.78 is 10.7. The van der Waals surface area contributed by atoms with Crippen molar-refractivity contribution in [1.29, 1.82) is 0 Å². The van der Waals surface area contributed by atoms with Gasteiger partial charge in [0.25, 0.3) is 0 Å². The van der Waals surface area contributed by atoms with Gasteiger partial charge in [-0.1, -0.05) is 31.1 Å². The third-order valence-corrected chi connectivity index (χ3v) is 4.47. The maximum absolute atomic E-state index is 5.43. The van der Waals surface area contributed by atoms with Crippen LogP contribution in [0.15, 0.2) is 39.8 Å². The van der Waals surface area contributed by atoms with Gasteiger partial charge in [0, 0.05) is 25.6 Å². The number of aliphatic imine (C=N–C) groups is 1. The highest BCUT2D eigenvalue weighted by Gasteiger charge is 2.13. The maximum atomic E-state index is 5.43. The zero-order chi connectivity index (χ0) is 18.8. The Morgan fingerprint density at radius 2 is 2.00 bits per heavy atom. The van der Waals surface area contributed by atoms with Crippen molar-refractivity contribution in [1.82, 2.24) is 15.8 Å². The summed E-state index contributed by atoms with van der Waals surface area (Å²) in [4.78, 5) is 4.25. The van der Waals surface area contributed by atoms with Crippen LogP contribution in [-0.4, -0.2) is 31.8 Å². The SMILES string of the molecule is CCC(CC)c1cc(CNC(=NC)NCCc2cccc(OC)c2)on1.I. The number of halogens is 1. The second-order valence-corrected chi connectivity index (χ2v) is 6.19. The first kappa shape index (κ1) is 23.3. The lowest BCUT2D eigenvalue weighted by molar-refractivity contribution is 0.368. The molecule has 0 atom stereocenters. The Hall–Kier alpha value is -1.77. The zero-order valence-corrected chi connectivity index (χ0v) is 18.9. The molecule has 6 nitrogen and oxygen atoms in total. The monoisotopic (exact) mass is 486 g/mol. The number of guanidine groups is 1. The number of ether oxygens (including phenoxy) is 1. The minimum absolute atomic E-state index is 0. The molecule has 2 aromatic rings. The molecule has 1 aromatic heterocycles. The smallest absolute Gasteiger partial charge is 0.191 e. The number of methoxy groups -OCH3 is 1. The molecule has 150 valence electrons. The Morgan fingerprint density at radius 3 is 2.67 bits per heavy atom. The summed E-state index contributed by atoms with van der Waals surface area (Å²) in [6.45, 7) is 5.69. The van der Waals surface area contributed by atoms with Gasteiger partial charge in [0.1, 0.15) is 5.75 Å². The van der Waals surface area contributed by atoms with Crippen molar-refractivity contribution < 1.29 is 9.26 Å². The van der Waals surface area contributed by atoms with Crippen molar-refractivity contribution >= 4 is 29.9 Å². The van der Waals surface area contributed by atoms with E-state index in [1.165, 1.54) is 5.56 Å². The summed E-state index contributed by atoms with van der Waals surface area (Å²) in [5.41, 5.74) is 2.25. The van der Waals surface area contributed by atoms with Crippen LogP contribution in [0.1, 0.15) is 49.6 Å². The molecule has 0 fully saturated rings. The van der Waals surface area contributed by atoms with E-state index in [-0.39, 0.29) is 24.0 Å². The van der Waals surface area contributed by atoms with E-state index >= 15 is 0 Å². The number of benzene rings is 1. The molecule has 0 radical (unpaired) electrons. The summed E-state index contributed by atoms with van der Waals surface area (Å²) >= 11 is 0. The van der Waals surface area contributed by atoms with Crippen molar-refractivity contribution in [2.75, 3.05) is 20.7 Å². The van der Waals surface area contributed by atoms with E-state index in [2.05, 4.69) is 40.7 Å². The van der Waals surface area contributed by atoms with Crippen molar-refractivity contribution in [3.63, 3.8) is 0 Å². The van der Waals surface area contributed by atoms with Crippen molar-refractivity contribution in [2.45, 2.75) is 45.6 Å². The van der Waals surface area contributed by atoms with Gasteiger partial charge in [-0.05, 0) is 37.0 Å². The summed E-state index contributed by atoms with van der Waals surface area (Å²) in [6, 6.07) is 10.1. The van der Waals surface area contributed by atoms with Crippen LogP contribution in [0.25, 0.3) is 0 Å². The standard InChI is InChI=1S/C20H30N4O2.HI/c1-5-16(6-2)19-13-18(26-24-19)14-23-20(21-3)22-11-10-15-8-7-9-17(12-15)25-4;/h7-9,12-13,16H,5-6,10-11,14H2,1-4H3,(H2,21,22,23);1H. The molecule has 0 amide bonds. The van der Waals surface area contributed by atoms with Crippen LogP contribution in [-0.2, 0) is 13.0 Å². The lowest BCUT2D eigenvalue weighted by Gasteiger charge is -2.11.